The highest BCUT2D eigenvalue weighted by Crippen LogP contribution is 2.28. The molecule has 2 saturated carbocycles. The molecule has 2 aliphatic carbocycles. The van der Waals surface area contributed by atoms with Gasteiger partial charge in [-0.3, -0.25) is 0 Å². The van der Waals surface area contributed by atoms with Crippen LogP contribution >= 0.6 is 0 Å². The van der Waals surface area contributed by atoms with E-state index in [0.717, 1.165) is 18.8 Å². The first-order valence-corrected chi connectivity index (χ1v) is 5.64. The summed E-state index contributed by atoms with van der Waals surface area (Å²) in [4.78, 5) is 0. The van der Waals surface area contributed by atoms with Gasteiger partial charge in [0.25, 0.3) is 0 Å². The Morgan fingerprint density at radius 1 is 1.00 bits per heavy atom. The average Bonchev–Trinajstić information content (AvgIpc) is 2.06. The van der Waals surface area contributed by atoms with Gasteiger partial charge in [0.2, 0.25) is 0 Å². The van der Waals surface area contributed by atoms with Crippen LogP contribution in [-0.2, 0) is 0 Å². The van der Waals surface area contributed by atoms with Crippen molar-refractivity contribution in [3.05, 3.63) is 0 Å². The molecule has 0 bridgehead atoms. The molecule has 0 atom stereocenters. The molecule has 1 N–H and O–H groups in total. The molecule has 0 aromatic carbocycles. The minimum absolute atomic E-state index is 0.494. The number of hydrogen-bond acceptors (Lipinski definition) is 1. The van der Waals surface area contributed by atoms with E-state index in [0.29, 0.717) is 12.1 Å². The molecule has 1 nitrogen and oxygen atoms in total. The van der Waals surface area contributed by atoms with Crippen molar-refractivity contribution in [3.8, 4) is 0 Å². The zero-order valence-corrected chi connectivity index (χ0v) is 8.43. The van der Waals surface area contributed by atoms with E-state index in [4.69, 9.17) is 0 Å². The van der Waals surface area contributed by atoms with E-state index in [1.54, 1.807) is 0 Å². The molecule has 0 unspecified atom stereocenters. The molecule has 0 aliphatic heterocycles. The Morgan fingerprint density at radius 2 is 1.62 bits per heavy atom. The van der Waals surface area contributed by atoms with E-state index >= 15 is 0 Å². The van der Waals surface area contributed by atoms with Gasteiger partial charge in [-0.1, -0.05) is 6.92 Å². The van der Waals surface area contributed by atoms with E-state index in [9.17, 15) is 4.39 Å². The van der Waals surface area contributed by atoms with Crippen LogP contribution in [0.15, 0.2) is 0 Å². The maximum Gasteiger partial charge on any atom is 0.103 e. The van der Waals surface area contributed by atoms with Crippen molar-refractivity contribution in [2.24, 2.45) is 5.92 Å². The molecule has 76 valence electrons. The van der Waals surface area contributed by atoms with Crippen molar-refractivity contribution in [1.82, 2.24) is 5.32 Å². The van der Waals surface area contributed by atoms with Gasteiger partial charge in [-0.05, 0) is 44.4 Å². The minimum Gasteiger partial charge on any atom is -0.311 e. The zero-order valence-electron chi connectivity index (χ0n) is 8.43. The third-order valence-corrected chi connectivity index (χ3v) is 3.57. The summed E-state index contributed by atoms with van der Waals surface area (Å²) in [6.45, 7) is 2.33. The van der Waals surface area contributed by atoms with Crippen molar-refractivity contribution >= 4 is 0 Å². The van der Waals surface area contributed by atoms with Crippen LogP contribution in [0.4, 0.5) is 4.39 Å². The lowest BCUT2D eigenvalue weighted by atomic mass is 9.84. The van der Waals surface area contributed by atoms with Gasteiger partial charge in [-0.2, -0.15) is 0 Å². The van der Waals surface area contributed by atoms with Crippen molar-refractivity contribution in [2.45, 2.75) is 63.7 Å². The Kier molecular flexibility index (Phi) is 2.87. The summed E-state index contributed by atoms with van der Waals surface area (Å²) in [5.41, 5.74) is 0. The number of rotatable bonds is 2. The molecule has 0 aromatic rings. The molecule has 2 rings (SSSR count). The van der Waals surface area contributed by atoms with E-state index < -0.39 is 6.17 Å². The molecule has 13 heavy (non-hydrogen) atoms. The van der Waals surface area contributed by atoms with Crippen LogP contribution in [0.2, 0.25) is 0 Å². The van der Waals surface area contributed by atoms with E-state index in [-0.39, 0.29) is 0 Å². The standard InChI is InChI=1S/C11H20FN/c1-8-2-4-10(5-3-8)13-11-6-9(12)7-11/h8-11,13H,2-7H2,1H3. The fourth-order valence-electron chi connectivity index (χ4n) is 2.44. The number of alkyl halides is 1. The van der Waals surface area contributed by atoms with Crippen molar-refractivity contribution in [3.63, 3.8) is 0 Å². The molecule has 0 amide bonds. The quantitative estimate of drug-likeness (QED) is 0.697. The van der Waals surface area contributed by atoms with Crippen molar-refractivity contribution < 1.29 is 4.39 Å². The van der Waals surface area contributed by atoms with Crippen LogP contribution in [0, 0.1) is 5.92 Å². The Morgan fingerprint density at radius 3 is 2.15 bits per heavy atom. The molecule has 2 aliphatic rings. The highest BCUT2D eigenvalue weighted by molar-refractivity contribution is 4.88. The highest BCUT2D eigenvalue weighted by atomic mass is 19.1. The van der Waals surface area contributed by atoms with Crippen LogP contribution < -0.4 is 5.32 Å². The Labute approximate surface area is 80.1 Å². The predicted octanol–water partition coefficient (Wildman–Crippen LogP) is 2.66. The smallest absolute Gasteiger partial charge is 0.103 e. The van der Waals surface area contributed by atoms with Gasteiger partial charge in [-0.25, -0.2) is 4.39 Å². The maximum absolute atomic E-state index is 12.5. The summed E-state index contributed by atoms with van der Waals surface area (Å²) in [5, 5.41) is 3.57. The first-order chi connectivity index (χ1) is 6.24. The summed E-state index contributed by atoms with van der Waals surface area (Å²) in [7, 11) is 0. The minimum atomic E-state index is -0.514. The fraction of sp³-hybridized carbons (Fsp3) is 1.00. The number of nitrogens with one attached hydrogen (secondary N) is 1. The highest BCUT2D eigenvalue weighted by Gasteiger charge is 2.31. The normalized spacial score (nSPS) is 45.7. The fourth-order valence-corrected chi connectivity index (χ4v) is 2.44. The Hall–Kier alpha value is -0.110. The second kappa shape index (κ2) is 3.95. The summed E-state index contributed by atoms with van der Waals surface area (Å²) in [5.74, 6) is 0.911. The Balaban J connectivity index is 1.65. The molecule has 0 heterocycles. The molecule has 0 radical (unpaired) electrons. The molecular formula is C11H20FN. The third kappa shape index (κ3) is 2.43. The van der Waals surface area contributed by atoms with Gasteiger partial charge in [0.05, 0.1) is 0 Å². The monoisotopic (exact) mass is 185 g/mol. The summed E-state index contributed by atoms with van der Waals surface area (Å²) < 4.78 is 12.5. The van der Waals surface area contributed by atoms with Crippen LogP contribution in [0.1, 0.15) is 45.4 Å². The second-order valence-electron chi connectivity index (χ2n) is 4.89. The van der Waals surface area contributed by atoms with Gasteiger partial charge in [0.1, 0.15) is 6.17 Å². The zero-order chi connectivity index (χ0) is 9.26. The van der Waals surface area contributed by atoms with Crippen molar-refractivity contribution in [1.29, 1.82) is 0 Å². The van der Waals surface area contributed by atoms with Crippen LogP contribution in [-0.4, -0.2) is 18.3 Å². The summed E-state index contributed by atoms with van der Waals surface area (Å²) in [6.07, 6.45) is 6.30. The van der Waals surface area contributed by atoms with Gasteiger partial charge in [-0.15, -0.1) is 0 Å². The van der Waals surface area contributed by atoms with Crippen LogP contribution in [0.5, 0.6) is 0 Å². The maximum atomic E-state index is 12.5. The van der Waals surface area contributed by atoms with Gasteiger partial charge in [0, 0.05) is 12.1 Å². The number of halogens is 1. The lowest BCUT2D eigenvalue weighted by Crippen LogP contribution is -2.48. The first-order valence-electron chi connectivity index (χ1n) is 5.64. The number of hydrogen-bond donors (Lipinski definition) is 1. The van der Waals surface area contributed by atoms with Gasteiger partial charge < -0.3 is 5.32 Å². The van der Waals surface area contributed by atoms with E-state index in [1.807, 2.05) is 0 Å². The molecule has 2 heteroatoms. The van der Waals surface area contributed by atoms with Crippen LogP contribution in [0.3, 0.4) is 0 Å². The van der Waals surface area contributed by atoms with Gasteiger partial charge >= 0.3 is 0 Å². The van der Waals surface area contributed by atoms with Crippen LogP contribution in [0.25, 0.3) is 0 Å². The van der Waals surface area contributed by atoms with Gasteiger partial charge in [0.15, 0.2) is 0 Å². The molecule has 0 saturated heterocycles. The summed E-state index contributed by atoms with van der Waals surface area (Å²) in [6, 6.07) is 1.18. The second-order valence-corrected chi connectivity index (χ2v) is 4.89. The SMILES string of the molecule is CC1CCC(NC2CC(F)C2)CC1. The Bertz CT molecular complexity index is 157. The third-order valence-electron chi connectivity index (χ3n) is 3.57. The van der Waals surface area contributed by atoms with E-state index in [1.165, 1.54) is 25.7 Å². The lowest BCUT2D eigenvalue weighted by Gasteiger charge is -2.36. The first kappa shape index (κ1) is 9.45. The lowest BCUT2D eigenvalue weighted by molar-refractivity contribution is 0.135. The largest absolute Gasteiger partial charge is 0.311 e. The molecule has 0 spiro atoms. The summed E-state index contributed by atoms with van der Waals surface area (Å²) >= 11 is 0. The van der Waals surface area contributed by atoms with E-state index in [2.05, 4.69) is 12.2 Å². The molecule has 0 aromatic heterocycles. The predicted molar refractivity (Wildman–Crippen MR) is 52.5 cm³/mol. The molecular weight excluding hydrogens is 165 g/mol. The molecule has 2 fully saturated rings. The topological polar surface area (TPSA) is 12.0 Å². The average molecular weight is 185 g/mol. The van der Waals surface area contributed by atoms with Crippen molar-refractivity contribution in [2.75, 3.05) is 0 Å².